The van der Waals surface area contributed by atoms with Crippen molar-refractivity contribution < 1.29 is 23.9 Å². The van der Waals surface area contributed by atoms with Crippen LogP contribution in [-0.4, -0.2) is 48.0 Å². The minimum Gasteiger partial charge on any atom is -0.466 e. The first kappa shape index (κ1) is 19.5. The zero-order chi connectivity index (χ0) is 17.7. The number of likely N-dealkylation sites (tertiary alicyclic amines) is 1. The Balaban J connectivity index is 2.77. The second kappa shape index (κ2) is 7.79. The third-order valence-corrected chi connectivity index (χ3v) is 4.01. The van der Waals surface area contributed by atoms with E-state index in [2.05, 4.69) is 0 Å². The molecule has 132 valence electrons. The fourth-order valence-corrected chi connectivity index (χ4v) is 2.68. The summed E-state index contributed by atoms with van der Waals surface area (Å²) in [6.45, 7) is 10.1. The second-order valence-electron chi connectivity index (χ2n) is 7.04. The van der Waals surface area contributed by atoms with Crippen LogP contribution in [0.15, 0.2) is 0 Å². The molecule has 0 unspecified atom stereocenters. The van der Waals surface area contributed by atoms with Crippen molar-refractivity contribution in [2.24, 2.45) is 5.41 Å². The fraction of sp³-hybridized carbons (Fsp3) is 0.824. The van der Waals surface area contributed by atoms with Crippen LogP contribution in [-0.2, 0) is 19.1 Å². The summed E-state index contributed by atoms with van der Waals surface area (Å²) >= 11 is 0. The summed E-state index contributed by atoms with van der Waals surface area (Å²) in [6, 6.07) is 0. The Morgan fingerprint density at radius 1 is 1.09 bits per heavy atom. The molecule has 23 heavy (non-hydrogen) atoms. The number of carbonyl (C=O) groups is 3. The van der Waals surface area contributed by atoms with Crippen molar-refractivity contribution in [2.75, 3.05) is 19.7 Å². The molecule has 0 aromatic heterocycles. The summed E-state index contributed by atoms with van der Waals surface area (Å²) in [5.74, 6) is -0.283. The third kappa shape index (κ3) is 5.52. The van der Waals surface area contributed by atoms with E-state index in [-0.39, 0.29) is 30.9 Å². The van der Waals surface area contributed by atoms with Gasteiger partial charge in [0, 0.05) is 25.9 Å². The van der Waals surface area contributed by atoms with Crippen LogP contribution in [0.4, 0.5) is 4.79 Å². The van der Waals surface area contributed by atoms with E-state index in [1.54, 1.807) is 18.7 Å². The number of piperidine rings is 1. The van der Waals surface area contributed by atoms with Gasteiger partial charge in [0.2, 0.25) is 0 Å². The number of rotatable bonds is 5. The van der Waals surface area contributed by atoms with Crippen molar-refractivity contribution in [3.63, 3.8) is 0 Å². The minimum absolute atomic E-state index is 0.0452. The van der Waals surface area contributed by atoms with Crippen molar-refractivity contribution in [1.82, 2.24) is 4.90 Å². The van der Waals surface area contributed by atoms with Crippen LogP contribution in [0.2, 0.25) is 0 Å². The highest BCUT2D eigenvalue weighted by molar-refractivity contribution is 5.87. The van der Waals surface area contributed by atoms with Crippen LogP contribution in [0, 0.1) is 5.41 Å². The van der Waals surface area contributed by atoms with E-state index in [9.17, 15) is 14.4 Å². The lowest BCUT2D eigenvalue weighted by Crippen LogP contribution is -2.49. The predicted octanol–water partition coefficient (Wildman–Crippen LogP) is 2.94. The standard InChI is InChI=1S/C17H29NO5/c1-6-13(19)12-17(14(20)22-7-2)8-10-18(11-9-17)15(21)23-16(3,4)5/h6-12H2,1-5H3. The molecule has 1 fully saturated rings. The molecule has 0 saturated carbocycles. The highest BCUT2D eigenvalue weighted by atomic mass is 16.6. The maximum Gasteiger partial charge on any atom is 0.410 e. The number of ketones is 1. The molecule has 1 aliphatic rings. The zero-order valence-corrected chi connectivity index (χ0v) is 14.9. The third-order valence-electron chi connectivity index (χ3n) is 4.01. The van der Waals surface area contributed by atoms with Crippen LogP contribution in [0.25, 0.3) is 0 Å². The summed E-state index contributed by atoms with van der Waals surface area (Å²) in [6.07, 6.45) is 1.06. The first-order valence-electron chi connectivity index (χ1n) is 8.30. The van der Waals surface area contributed by atoms with Crippen molar-refractivity contribution in [2.45, 2.75) is 65.9 Å². The Hall–Kier alpha value is -1.59. The van der Waals surface area contributed by atoms with Gasteiger partial charge in [-0.1, -0.05) is 6.92 Å². The van der Waals surface area contributed by atoms with E-state index >= 15 is 0 Å². The van der Waals surface area contributed by atoms with Gasteiger partial charge in [0.15, 0.2) is 0 Å². The normalized spacial score (nSPS) is 17.5. The Morgan fingerprint density at radius 2 is 1.65 bits per heavy atom. The fourth-order valence-electron chi connectivity index (χ4n) is 2.68. The summed E-state index contributed by atoms with van der Waals surface area (Å²) < 4.78 is 10.5. The molecule has 0 aliphatic carbocycles. The van der Waals surface area contributed by atoms with Crippen LogP contribution in [0.3, 0.4) is 0 Å². The molecule has 0 atom stereocenters. The van der Waals surface area contributed by atoms with Gasteiger partial charge in [-0.15, -0.1) is 0 Å². The van der Waals surface area contributed by atoms with Crippen LogP contribution in [0.1, 0.15) is 60.3 Å². The van der Waals surface area contributed by atoms with Gasteiger partial charge >= 0.3 is 12.1 Å². The highest BCUT2D eigenvalue weighted by Gasteiger charge is 2.45. The molecule has 1 rings (SSSR count). The molecule has 0 N–H and O–H groups in total. The van der Waals surface area contributed by atoms with Crippen molar-refractivity contribution in [3.05, 3.63) is 0 Å². The molecule has 1 saturated heterocycles. The summed E-state index contributed by atoms with van der Waals surface area (Å²) in [5, 5.41) is 0. The van der Waals surface area contributed by atoms with Gasteiger partial charge in [-0.05, 0) is 40.5 Å². The number of esters is 1. The number of carbonyl (C=O) groups excluding carboxylic acids is 3. The Kier molecular flexibility index (Phi) is 6.59. The second-order valence-corrected chi connectivity index (χ2v) is 7.04. The van der Waals surface area contributed by atoms with Crippen LogP contribution in [0.5, 0.6) is 0 Å². The van der Waals surface area contributed by atoms with Gasteiger partial charge in [-0.2, -0.15) is 0 Å². The number of Topliss-reactive ketones (excluding diaryl/α,β-unsaturated/α-hetero) is 1. The molecule has 1 aliphatic heterocycles. The number of nitrogens with zero attached hydrogens (tertiary/aromatic N) is 1. The van der Waals surface area contributed by atoms with Crippen LogP contribution >= 0.6 is 0 Å². The van der Waals surface area contributed by atoms with Gasteiger partial charge < -0.3 is 14.4 Å². The Morgan fingerprint density at radius 3 is 2.09 bits per heavy atom. The molecular weight excluding hydrogens is 298 g/mol. The first-order chi connectivity index (χ1) is 10.6. The quantitative estimate of drug-likeness (QED) is 0.726. The van der Waals surface area contributed by atoms with E-state index in [4.69, 9.17) is 9.47 Å². The van der Waals surface area contributed by atoms with Gasteiger partial charge in [0.1, 0.15) is 11.4 Å². The Labute approximate surface area is 138 Å². The molecule has 0 aromatic carbocycles. The SMILES string of the molecule is CCOC(=O)C1(CC(=O)CC)CCN(C(=O)OC(C)(C)C)CC1. The molecule has 0 radical (unpaired) electrons. The van der Waals surface area contributed by atoms with E-state index in [0.717, 1.165) is 0 Å². The first-order valence-corrected chi connectivity index (χ1v) is 8.30. The number of hydrogen-bond donors (Lipinski definition) is 0. The van der Waals surface area contributed by atoms with Gasteiger partial charge in [-0.25, -0.2) is 4.79 Å². The number of amides is 1. The van der Waals surface area contributed by atoms with Crippen molar-refractivity contribution >= 4 is 17.8 Å². The average Bonchev–Trinajstić information content (AvgIpc) is 2.46. The average molecular weight is 327 g/mol. The lowest BCUT2D eigenvalue weighted by molar-refractivity contribution is -0.160. The Bertz CT molecular complexity index is 444. The van der Waals surface area contributed by atoms with E-state index in [1.807, 2.05) is 20.8 Å². The minimum atomic E-state index is -0.804. The number of ether oxygens (including phenoxy) is 2. The van der Waals surface area contributed by atoms with Crippen LogP contribution < -0.4 is 0 Å². The van der Waals surface area contributed by atoms with Gasteiger partial charge in [0.25, 0.3) is 0 Å². The van der Waals surface area contributed by atoms with E-state index in [1.165, 1.54) is 0 Å². The summed E-state index contributed by atoms with van der Waals surface area (Å²) in [7, 11) is 0. The highest BCUT2D eigenvalue weighted by Crippen LogP contribution is 2.37. The number of hydrogen-bond acceptors (Lipinski definition) is 5. The molecule has 1 heterocycles. The maximum atomic E-state index is 12.4. The summed E-state index contributed by atoms with van der Waals surface area (Å²) in [5.41, 5.74) is -1.35. The zero-order valence-electron chi connectivity index (χ0n) is 14.9. The van der Waals surface area contributed by atoms with Crippen molar-refractivity contribution in [3.8, 4) is 0 Å². The lowest BCUT2D eigenvalue weighted by atomic mass is 9.74. The topological polar surface area (TPSA) is 72.9 Å². The van der Waals surface area contributed by atoms with Crippen molar-refractivity contribution in [1.29, 1.82) is 0 Å². The molecule has 6 heteroatoms. The maximum absolute atomic E-state index is 12.4. The van der Waals surface area contributed by atoms with E-state index < -0.39 is 11.0 Å². The smallest absolute Gasteiger partial charge is 0.410 e. The molecule has 6 nitrogen and oxygen atoms in total. The molecule has 0 bridgehead atoms. The lowest BCUT2D eigenvalue weighted by Gasteiger charge is -2.39. The largest absolute Gasteiger partial charge is 0.466 e. The molecule has 1 amide bonds. The monoisotopic (exact) mass is 327 g/mol. The molecule has 0 aromatic rings. The molecular formula is C17H29NO5. The van der Waals surface area contributed by atoms with Gasteiger partial charge in [0.05, 0.1) is 12.0 Å². The van der Waals surface area contributed by atoms with E-state index in [0.29, 0.717) is 32.4 Å². The predicted molar refractivity (Wildman–Crippen MR) is 86.0 cm³/mol. The molecule has 0 spiro atoms. The summed E-state index contributed by atoms with van der Waals surface area (Å²) in [4.78, 5) is 38.0. The van der Waals surface area contributed by atoms with Gasteiger partial charge in [-0.3, -0.25) is 9.59 Å².